The smallest absolute Gasteiger partial charge is 0.257 e. The summed E-state index contributed by atoms with van der Waals surface area (Å²) in [4.78, 5) is 19.2. The van der Waals surface area contributed by atoms with E-state index in [1.165, 1.54) is 16.9 Å². The molecule has 1 heterocycles. The lowest BCUT2D eigenvalue weighted by Gasteiger charge is -2.23. The van der Waals surface area contributed by atoms with Crippen LogP contribution in [0.2, 0.25) is 0 Å². The standard InChI is InChI=1S/C27H37N3O3S/c1-5-6-7-8-21-13-15-24(16-14-21)34(32,33)19-23-11-9-22(10-12-23)18-30-25(31)27(4,17-20(2)3)29-26(30)28/h9-16,20H,5-8,17-19H2,1-4H3,(H2,28,29). The average Bonchev–Trinajstić information content (AvgIpc) is 2.97. The van der Waals surface area contributed by atoms with Gasteiger partial charge in [0.25, 0.3) is 5.91 Å². The Balaban J connectivity index is 1.63. The van der Waals surface area contributed by atoms with Crippen LogP contribution in [-0.2, 0) is 33.4 Å². The topological polar surface area (TPSA) is 92.8 Å². The first-order chi connectivity index (χ1) is 16.0. The van der Waals surface area contributed by atoms with E-state index in [9.17, 15) is 13.2 Å². The molecule has 0 radical (unpaired) electrons. The number of benzene rings is 2. The summed E-state index contributed by atoms with van der Waals surface area (Å²) in [5.41, 5.74) is 7.99. The molecule has 0 fully saturated rings. The minimum absolute atomic E-state index is 0.0683. The zero-order valence-electron chi connectivity index (χ0n) is 20.8. The van der Waals surface area contributed by atoms with Crippen LogP contribution in [0.15, 0.2) is 58.4 Å². The molecule has 1 amide bonds. The average molecular weight is 484 g/mol. The van der Waals surface area contributed by atoms with Crippen LogP contribution >= 0.6 is 0 Å². The molecule has 2 aromatic rings. The highest BCUT2D eigenvalue weighted by molar-refractivity contribution is 7.90. The fourth-order valence-electron chi connectivity index (χ4n) is 4.51. The van der Waals surface area contributed by atoms with Gasteiger partial charge in [0, 0.05) is 0 Å². The zero-order chi connectivity index (χ0) is 24.9. The molecule has 7 heteroatoms. The van der Waals surface area contributed by atoms with Crippen molar-refractivity contribution in [2.45, 2.75) is 82.5 Å². The van der Waals surface area contributed by atoms with Gasteiger partial charge in [-0.15, -0.1) is 0 Å². The number of nitrogens with zero attached hydrogens (tertiary/aromatic N) is 2. The van der Waals surface area contributed by atoms with Gasteiger partial charge in [-0.25, -0.2) is 13.4 Å². The van der Waals surface area contributed by atoms with Crippen LogP contribution in [0.4, 0.5) is 0 Å². The molecule has 34 heavy (non-hydrogen) atoms. The number of carbonyl (C=O) groups excluding carboxylic acids is 1. The zero-order valence-corrected chi connectivity index (χ0v) is 21.6. The van der Waals surface area contributed by atoms with E-state index in [4.69, 9.17) is 5.73 Å². The molecular formula is C27H37N3O3S. The normalized spacial score (nSPS) is 18.6. The van der Waals surface area contributed by atoms with Crippen molar-refractivity contribution in [2.24, 2.45) is 16.6 Å². The number of hydrogen-bond acceptors (Lipinski definition) is 5. The fourth-order valence-corrected chi connectivity index (χ4v) is 5.85. The number of carbonyl (C=O) groups is 1. The number of rotatable bonds is 11. The van der Waals surface area contributed by atoms with Crippen molar-refractivity contribution in [1.29, 1.82) is 0 Å². The van der Waals surface area contributed by atoms with Crippen molar-refractivity contribution in [1.82, 2.24) is 4.90 Å². The molecule has 1 aliphatic rings. The highest BCUT2D eigenvalue weighted by atomic mass is 32.2. The van der Waals surface area contributed by atoms with Crippen LogP contribution in [0.3, 0.4) is 0 Å². The van der Waals surface area contributed by atoms with Crippen molar-refractivity contribution in [3.8, 4) is 0 Å². The Labute approximate surface area is 204 Å². The van der Waals surface area contributed by atoms with Gasteiger partial charge in [0.15, 0.2) is 15.8 Å². The Morgan fingerprint density at radius 1 is 0.971 bits per heavy atom. The molecule has 184 valence electrons. The summed E-state index contributed by atoms with van der Waals surface area (Å²) in [6.45, 7) is 8.42. The summed E-state index contributed by atoms with van der Waals surface area (Å²) in [5, 5.41) is 0. The highest BCUT2D eigenvalue weighted by Crippen LogP contribution is 2.29. The molecule has 0 aliphatic carbocycles. The van der Waals surface area contributed by atoms with Gasteiger partial charge in [-0.1, -0.05) is 70.0 Å². The highest BCUT2D eigenvalue weighted by Gasteiger charge is 2.44. The minimum Gasteiger partial charge on any atom is -0.369 e. The van der Waals surface area contributed by atoms with Gasteiger partial charge in [0.1, 0.15) is 5.54 Å². The van der Waals surface area contributed by atoms with E-state index in [0.29, 0.717) is 29.3 Å². The first kappa shape index (κ1) is 25.9. The molecule has 3 rings (SSSR count). The number of nitrogens with two attached hydrogens (primary N) is 1. The number of aliphatic imine (C=N–C) groups is 1. The van der Waals surface area contributed by atoms with Gasteiger partial charge >= 0.3 is 0 Å². The van der Waals surface area contributed by atoms with Crippen molar-refractivity contribution in [3.63, 3.8) is 0 Å². The summed E-state index contributed by atoms with van der Waals surface area (Å²) < 4.78 is 25.8. The van der Waals surface area contributed by atoms with Crippen LogP contribution in [0.1, 0.15) is 70.1 Å². The molecule has 2 aromatic carbocycles. The quantitative estimate of drug-likeness (QED) is 0.462. The Bertz CT molecular complexity index is 1120. The summed E-state index contributed by atoms with van der Waals surface area (Å²) in [6.07, 6.45) is 5.07. The van der Waals surface area contributed by atoms with E-state index in [1.807, 2.05) is 31.2 Å². The van der Waals surface area contributed by atoms with Crippen molar-refractivity contribution in [2.75, 3.05) is 0 Å². The number of hydrogen-bond donors (Lipinski definition) is 1. The van der Waals surface area contributed by atoms with Gasteiger partial charge in [0.05, 0.1) is 17.2 Å². The van der Waals surface area contributed by atoms with Gasteiger partial charge < -0.3 is 5.73 Å². The number of amides is 1. The van der Waals surface area contributed by atoms with Crippen LogP contribution in [0, 0.1) is 5.92 Å². The molecule has 2 N–H and O–H groups in total. The Morgan fingerprint density at radius 2 is 1.56 bits per heavy atom. The van der Waals surface area contributed by atoms with Crippen LogP contribution in [-0.4, -0.2) is 30.7 Å². The van der Waals surface area contributed by atoms with E-state index in [1.54, 1.807) is 24.3 Å². The summed E-state index contributed by atoms with van der Waals surface area (Å²) in [5.74, 6) is 0.395. The van der Waals surface area contributed by atoms with E-state index in [-0.39, 0.29) is 17.6 Å². The first-order valence-electron chi connectivity index (χ1n) is 12.1. The third-order valence-electron chi connectivity index (χ3n) is 6.22. The monoisotopic (exact) mass is 483 g/mol. The fraction of sp³-hybridized carbons (Fsp3) is 0.481. The van der Waals surface area contributed by atoms with Crippen LogP contribution in [0.25, 0.3) is 0 Å². The summed E-state index contributed by atoms with van der Waals surface area (Å²) >= 11 is 0. The van der Waals surface area contributed by atoms with E-state index in [0.717, 1.165) is 24.8 Å². The molecule has 0 aromatic heterocycles. The van der Waals surface area contributed by atoms with E-state index in [2.05, 4.69) is 25.8 Å². The number of unbranched alkanes of at least 4 members (excludes halogenated alkanes) is 2. The van der Waals surface area contributed by atoms with Crippen LogP contribution in [0.5, 0.6) is 0 Å². The first-order valence-corrected chi connectivity index (χ1v) is 13.8. The van der Waals surface area contributed by atoms with E-state index >= 15 is 0 Å². The largest absolute Gasteiger partial charge is 0.369 e. The summed E-state index contributed by atoms with van der Waals surface area (Å²) in [6, 6.07) is 14.5. The second kappa shape index (κ2) is 10.7. The molecule has 0 bridgehead atoms. The second-order valence-corrected chi connectivity index (χ2v) is 11.9. The maximum Gasteiger partial charge on any atom is 0.257 e. The second-order valence-electron chi connectivity index (χ2n) is 9.91. The number of sulfone groups is 1. The van der Waals surface area contributed by atoms with Gasteiger partial charge in [-0.05, 0) is 60.9 Å². The minimum atomic E-state index is -3.44. The lowest BCUT2D eigenvalue weighted by molar-refractivity contribution is -0.131. The Morgan fingerprint density at radius 3 is 2.15 bits per heavy atom. The van der Waals surface area contributed by atoms with Crippen molar-refractivity contribution >= 4 is 21.7 Å². The van der Waals surface area contributed by atoms with E-state index < -0.39 is 15.4 Å². The van der Waals surface area contributed by atoms with Crippen molar-refractivity contribution < 1.29 is 13.2 Å². The lowest BCUT2D eigenvalue weighted by Crippen LogP contribution is -2.43. The molecule has 0 spiro atoms. The lowest BCUT2D eigenvalue weighted by atomic mass is 9.91. The molecule has 1 unspecified atom stereocenters. The van der Waals surface area contributed by atoms with Crippen LogP contribution < -0.4 is 5.73 Å². The molecule has 1 atom stereocenters. The molecular weight excluding hydrogens is 446 g/mol. The molecule has 6 nitrogen and oxygen atoms in total. The van der Waals surface area contributed by atoms with Gasteiger partial charge in [-0.3, -0.25) is 9.69 Å². The number of guanidine groups is 1. The number of aryl methyl sites for hydroxylation is 1. The molecule has 0 saturated heterocycles. The summed E-state index contributed by atoms with van der Waals surface area (Å²) in [7, 11) is -3.44. The predicted molar refractivity (Wildman–Crippen MR) is 137 cm³/mol. The third-order valence-corrected chi connectivity index (χ3v) is 7.93. The maximum absolute atomic E-state index is 12.9. The van der Waals surface area contributed by atoms with Gasteiger partial charge in [0.2, 0.25) is 0 Å². The van der Waals surface area contributed by atoms with Gasteiger partial charge in [-0.2, -0.15) is 0 Å². The SMILES string of the molecule is CCCCCc1ccc(S(=O)(=O)Cc2ccc(CN3C(=O)C(C)(CC(C)C)N=C3N)cc2)cc1. The Hall–Kier alpha value is -2.67. The van der Waals surface area contributed by atoms with Crippen molar-refractivity contribution in [3.05, 3.63) is 65.2 Å². The third kappa shape index (κ3) is 6.26. The Kier molecular flexibility index (Phi) is 8.18. The maximum atomic E-state index is 12.9. The molecule has 0 saturated carbocycles. The predicted octanol–water partition coefficient (Wildman–Crippen LogP) is 4.85. The molecule has 1 aliphatic heterocycles.